The van der Waals surface area contributed by atoms with Crippen LogP contribution in [0.3, 0.4) is 0 Å². The van der Waals surface area contributed by atoms with Gasteiger partial charge in [0.05, 0.1) is 18.6 Å². The Morgan fingerprint density at radius 2 is 2.00 bits per heavy atom. The molecule has 0 spiro atoms. The molecule has 1 amide bonds. The number of hydrazone groups is 1. The first kappa shape index (κ1) is 18.7. The SMILES string of the molecule is COc1cc(/C=N/NC(=O)[C@H](C)Sc2nc(C)cc(C)n2)ccc1O. The van der Waals surface area contributed by atoms with E-state index in [1.165, 1.54) is 31.2 Å². The molecule has 0 fully saturated rings. The summed E-state index contributed by atoms with van der Waals surface area (Å²) < 4.78 is 5.02. The summed E-state index contributed by atoms with van der Waals surface area (Å²) in [5.74, 6) is 0.128. The molecule has 25 heavy (non-hydrogen) atoms. The van der Waals surface area contributed by atoms with Crippen LogP contribution < -0.4 is 10.2 Å². The van der Waals surface area contributed by atoms with E-state index in [4.69, 9.17) is 4.74 Å². The number of carbonyl (C=O) groups excluding carboxylic acids is 1. The van der Waals surface area contributed by atoms with Gasteiger partial charge >= 0.3 is 0 Å². The van der Waals surface area contributed by atoms with E-state index in [0.29, 0.717) is 16.5 Å². The molecule has 0 bridgehead atoms. The molecule has 0 radical (unpaired) electrons. The van der Waals surface area contributed by atoms with Crippen LogP contribution in [0.25, 0.3) is 0 Å². The van der Waals surface area contributed by atoms with E-state index in [2.05, 4.69) is 20.5 Å². The highest BCUT2D eigenvalue weighted by Gasteiger charge is 2.15. The third kappa shape index (κ3) is 5.46. The van der Waals surface area contributed by atoms with Crippen LogP contribution in [0.4, 0.5) is 0 Å². The zero-order chi connectivity index (χ0) is 18.4. The molecule has 2 aromatic rings. The van der Waals surface area contributed by atoms with Crippen molar-refractivity contribution in [2.24, 2.45) is 5.10 Å². The molecule has 8 heteroatoms. The largest absolute Gasteiger partial charge is 0.504 e. The van der Waals surface area contributed by atoms with Gasteiger partial charge in [-0.05, 0) is 50.6 Å². The molecular formula is C17H20N4O3S. The summed E-state index contributed by atoms with van der Waals surface area (Å²) in [6.07, 6.45) is 1.48. The Balaban J connectivity index is 1.94. The van der Waals surface area contributed by atoms with Crippen LogP contribution in [0.2, 0.25) is 0 Å². The molecule has 0 saturated heterocycles. The van der Waals surface area contributed by atoms with Crippen LogP contribution in [0.5, 0.6) is 11.5 Å². The molecule has 1 atom stereocenters. The van der Waals surface area contributed by atoms with Crippen molar-refractivity contribution in [3.8, 4) is 11.5 Å². The predicted molar refractivity (Wildman–Crippen MR) is 97.2 cm³/mol. The van der Waals surface area contributed by atoms with Crippen molar-refractivity contribution in [3.05, 3.63) is 41.2 Å². The van der Waals surface area contributed by atoms with Gasteiger partial charge < -0.3 is 9.84 Å². The van der Waals surface area contributed by atoms with E-state index in [-0.39, 0.29) is 11.7 Å². The number of benzene rings is 1. The third-order valence-electron chi connectivity index (χ3n) is 3.21. The van der Waals surface area contributed by atoms with Gasteiger partial charge in [-0.15, -0.1) is 0 Å². The van der Waals surface area contributed by atoms with Crippen molar-refractivity contribution >= 4 is 23.9 Å². The lowest BCUT2D eigenvalue weighted by molar-refractivity contribution is -0.120. The Morgan fingerprint density at radius 3 is 2.64 bits per heavy atom. The number of phenols is 1. The topological polar surface area (TPSA) is 96.7 Å². The average Bonchev–Trinajstić information content (AvgIpc) is 2.55. The fourth-order valence-electron chi connectivity index (χ4n) is 1.99. The highest BCUT2D eigenvalue weighted by Crippen LogP contribution is 2.25. The zero-order valence-corrected chi connectivity index (χ0v) is 15.3. The van der Waals surface area contributed by atoms with Gasteiger partial charge in [-0.1, -0.05) is 11.8 Å². The number of aromatic nitrogens is 2. The summed E-state index contributed by atoms with van der Waals surface area (Å²) in [6, 6.07) is 6.66. The van der Waals surface area contributed by atoms with Crippen molar-refractivity contribution in [1.29, 1.82) is 0 Å². The van der Waals surface area contributed by atoms with Gasteiger partial charge in [0.1, 0.15) is 0 Å². The monoisotopic (exact) mass is 360 g/mol. The molecule has 0 aliphatic carbocycles. The Labute approximate surface area is 150 Å². The van der Waals surface area contributed by atoms with Crippen molar-refractivity contribution in [1.82, 2.24) is 15.4 Å². The molecule has 7 nitrogen and oxygen atoms in total. The Morgan fingerprint density at radius 1 is 1.32 bits per heavy atom. The van der Waals surface area contributed by atoms with Crippen LogP contribution in [0, 0.1) is 13.8 Å². The number of carbonyl (C=O) groups is 1. The van der Waals surface area contributed by atoms with Gasteiger partial charge in [0.2, 0.25) is 0 Å². The Kier molecular flexibility index (Phi) is 6.35. The number of phenolic OH excluding ortho intramolecular Hbond substituents is 1. The van der Waals surface area contributed by atoms with Gasteiger partial charge in [-0.25, -0.2) is 15.4 Å². The molecular weight excluding hydrogens is 340 g/mol. The first-order valence-corrected chi connectivity index (χ1v) is 8.46. The number of ether oxygens (including phenoxy) is 1. The van der Waals surface area contributed by atoms with E-state index >= 15 is 0 Å². The summed E-state index contributed by atoms with van der Waals surface area (Å²) in [5, 5.41) is 13.6. The minimum Gasteiger partial charge on any atom is -0.504 e. The number of nitrogens with zero attached hydrogens (tertiary/aromatic N) is 3. The summed E-state index contributed by atoms with van der Waals surface area (Å²) in [4.78, 5) is 20.7. The second-order valence-electron chi connectivity index (χ2n) is 5.36. The first-order valence-electron chi connectivity index (χ1n) is 7.58. The van der Waals surface area contributed by atoms with Crippen molar-refractivity contribution < 1.29 is 14.6 Å². The summed E-state index contributed by atoms with van der Waals surface area (Å²) in [7, 11) is 1.46. The quantitative estimate of drug-likeness (QED) is 0.355. The van der Waals surface area contributed by atoms with Crippen LogP contribution in [-0.4, -0.2) is 39.6 Å². The van der Waals surface area contributed by atoms with Crippen LogP contribution in [0.1, 0.15) is 23.9 Å². The maximum Gasteiger partial charge on any atom is 0.253 e. The van der Waals surface area contributed by atoms with Gasteiger partial charge in [0.15, 0.2) is 16.7 Å². The third-order valence-corrected chi connectivity index (χ3v) is 4.17. The minimum atomic E-state index is -0.396. The number of rotatable bonds is 6. The second-order valence-corrected chi connectivity index (χ2v) is 6.67. The molecule has 0 unspecified atom stereocenters. The van der Waals surface area contributed by atoms with Crippen molar-refractivity contribution in [2.45, 2.75) is 31.2 Å². The summed E-state index contributed by atoms with van der Waals surface area (Å²) in [5.41, 5.74) is 4.90. The molecule has 2 rings (SSSR count). The smallest absolute Gasteiger partial charge is 0.253 e. The second kappa shape index (κ2) is 8.48. The number of amides is 1. The first-order chi connectivity index (χ1) is 11.9. The predicted octanol–water partition coefficient (Wildman–Crippen LogP) is 2.44. The molecule has 0 aliphatic heterocycles. The van der Waals surface area contributed by atoms with Gasteiger partial charge in [0.25, 0.3) is 5.91 Å². The number of methoxy groups -OCH3 is 1. The fourth-order valence-corrected chi connectivity index (χ4v) is 2.86. The zero-order valence-electron chi connectivity index (χ0n) is 14.5. The highest BCUT2D eigenvalue weighted by molar-refractivity contribution is 8.00. The molecule has 2 N–H and O–H groups in total. The van der Waals surface area contributed by atoms with Crippen LogP contribution in [0.15, 0.2) is 34.5 Å². The molecule has 132 valence electrons. The Bertz CT molecular complexity index is 775. The summed E-state index contributed by atoms with van der Waals surface area (Å²) in [6.45, 7) is 5.54. The minimum absolute atomic E-state index is 0.0437. The maximum absolute atomic E-state index is 12.1. The number of nitrogens with one attached hydrogen (secondary N) is 1. The number of hydrogen-bond donors (Lipinski definition) is 2. The van der Waals surface area contributed by atoms with Crippen LogP contribution in [-0.2, 0) is 4.79 Å². The average molecular weight is 360 g/mol. The lowest BCUT2D eigenvalue weighted by Gasteiger charge is -2.09. The van der Waals surface area contributed by atoms with Crippen molar-refractivity contribution in [2.75, 3.05) is 7.11 Å². The molecule has 0 saturated carbocycles. The standard InChI is InChI=1S/C17H20N4O3S/c1-10-7-11(2)20-17(19-10)25-12(3)16(23)21-18-9-13-5-6-14(22)15(8-13)24-4/h5-9,12,22H,1-4H3,(H,21,23)/b18-9+/t12-/m0/s1. The maximum atomic E-state index is 12.1. The highest BCUT2D eigenvalue weighted by atomic mass is 32.2. The van der Waals surface area contributed by atoms with E-state index in [1.807, 2.05) is 19.9 Å². The van der Waals surface area contributed by atoms with E-state index in [1.54, 1.807) is 19.1 Å². The number of thioether (sulfide) groups is 1. The van der Waals surface area contributed by atoms with E-state index < -0.39 is 5.25 Å². The molecule has 1 heterocycles. The number of aryl methyl sites for hydroxylation is 2. The lowest BCUT2D eigenvalue weighted by atomic mass is 10.2. The molecule has 1 aromatic carbocycles. The van der Waals surface area contributed by atoms with Crippen molar-refractivity contribution in [3.63, 3.8) is 0 Å². The molecule has 1 aromatic heterocycles. The van der Waals surface area contributed by atoms with E-state index in [9.17, 15) is 9.90 Å². The van der Waals surface area contributed by atoms with Gasteiger partial charge in [-0.3, -0.25) is 4.79 Å². The normalized spacial score (nSPS) is 12.2. The van der Waals surface area contributed by atoms with E-state index in [0.717, 1.165) is 11.4 Å². The number of hydrogen-bond acceptors (Lipinski definition) is 7. The lowest BCUT2D eigenvalue weighted by Crippen LogP contribution is -2.27. The van der Waals surface area contributed by atoms with Crippen LogP contribution >= 0.6 is 11.8 Å². The van der Waals surface area contributed by atoms with Gasteiger partial charge in [0, 0.05) is 11.4 Å². The Hall–Kier alpha value is -2.61. The summed E-state index contributed by atoms with van der Waals surface area (Å²) >= 11 is 1.27. The fraction of sp³-hybridized carbons (Fsp3) is 0.294. The number of aromatic hydroxyl groups is 1. The van der Waals surface area contributed by atoms with Gasteiger partial charge in [-0.2, -0.15) is 5.10 Å². The molecule has 0 aliphatic rings.